The summed E-state index contributed by atoms with van der Waals surface area (Å²) in [6.07, 6.45) is -0.560. The standard InChI is InChI=1S/C10H13FN6O2/c11-5-6(12)4(1-18)19-10(5)17-3-16-7-8(13)14-2-15-9(7)17/h2-6,10,18H,1,12H2,(H2,13,14,15)/t4-,5-,6-,10+/m1/s1. The Balaban J connectivity index is 2.04. The van der Waals surface area contributed by atoms with Crippen LogP contribution in [0.1, 0.15) is 6.23 Å². The van der Waals surface area contributed by atoms with Crippen molar-refractivity contribution >= 4 is 17.0 Å². The van der Waals surface area contributed by atoms with Gasteiger partial charge in [0.1, 0.15) is 17.9 Å². The maximum Gasteiger partial charge on any atom is 0.170 e. The van der Waals surface area contributed by atoms with Gasteiger partial charge in [0.15, 0.2) is 23.9 Å². The van der Waals surface area contributed by atoms with Crippen LogP contribution >= 0.6 is 0 Å². The van der Waals surface area contributed by atoms with Crippen LogP contribution in [0.4, 0.5) is 10.2 Å². The van der Waals surface area contributed by atoms with Crippen LogP contribution in [0.25, 0.3) is 11.2 Å². The quantitative estimate of drug-likeness (QED) is 0.635. The van der Waals surface area contributed by atoms with E-state index in [1.165, 1.54) is 17.2 Å². The van der Waals surface area contributed by atoms with Gasteiger partial charge in [-0.1, -0.05) is 0 Å². The van der Waals surface area contributed by atoms with E-state index in [-0.39, 0.29) is 12.4 Å². The maximum absolute atomic E-state index is 14.1. The number of hydrogen-bond acceptors (Lipinski definition) is 7. The third kappa shape index (κ3) is 1.74. The zero-order valence-corrected chi connectivity index (χ0v) is 9.85. The van der Waals surface area contributed by atoms with Crippen LogP contribution in [0, 0.1) is 0 Å². The molecule has 1 aliphatic rings. The van der Waals surface area contributed by atoms with Gasteiger partial charge in [-0.2, -0.15) is 0 Å². The summed E-state index contributed by atoms with van der Waals surface area (Å²) in [6.45, 7) is -0.345. The van der Waals surface area contributed by atoms with Crippen molar-refractivity contribution in [1.29, 1.82) is 0 Å². The Morgan fingerprint density at radius 1 is 1.42 bits per heavy atom. The van der Waals surface area contributed by atoms with Crippen LogP contribution in [0.2, 0.25) is 0 Å². The number of ether oxygens (including phenoxy) is 1. The molecule has 0 aromatic carbocycles. The lowest BCUT2D eigenvalue weighted by atomic mass is 10.1. The van der Waals surface area contributed by atoms with E-state index in [0.29, 0.717) is 11.2 Å². The van der Waals surface area contributed by atoms with Crippen molar-refractivity contribution in [2.24, 2.45) is 5.73 Å². The number of nitrogens with two attached hydrogens (primary N) is 2. The highest BCUT2D eigenvalue weighted by atomic mass is 19.1. The number of fused-ring (bicyclic) bond motifs is 1. The van der Waals surface area contributed by atoms with Crippen LogP contribution in [0.3, 0.4) is 0 Å². The van der Waals surface area contributed by atoms with Crippen LogP contribution in [-0.4, -0.2) is 49.5 Å². The number of anilines is 1. The largest absolute Gasteiger partial charge is 0.394 e. The monoisotopic (exact) mass is 268 g/mol. The molecular weight excluding hydrogens is 255 g/mol. The summed E-state index contributed by atoms with van der Waals surface area (Å²) in [5.74, 6) is 0.208. The van der Waals surface area contributed by atoms with Crippen LogP contribution < -0.4 is 11.5 Å². The average Bonchev–Trinajstić information content (AvgIpc) is 2.94. The molecule has 0 radical (unpaired) electrons. The minimum absolute atomic E-state index is 0.208. The fourth-order valence-corrected chi connectivity index (χ4v) is 2.18. The summed E-state index contributed by atoms with van der Waals surface area (Å²) < 4.78 is 20.9. The van der Waals surface area contributed by atoms with Crippen molar-refractivity contribution in [1.82, 2.24) is 19.5 Å². The molecule has 5 N–H and O–H groups in total. The van der Waals surface area contributed by atoms with Crippen LogP contribution in [0.15, 0.2) is 12.7 Å². The number of alkyl halides is 1. The molecule has 102 valence electrons. The van der Waals surface area contributed by atoms with Crippen molar-refractivity contribution in [2.45, 2.75) is 24.5 Å². The Kier molecular flexibility index (Phi) is 2.81. The fraction of sp³-hybridized carbons (Fsp3) is 0.500. The number of halogens is 1. The highest BCUT2D eigenvalue weighted by molar-refractivity contribution is 5.81. The molecular formula is C10H13FN6O2. The Bertz CT molecular complexity index is 605. The average molecular weight is 268 g/mol. The Morgan fingerprint density at radius 3 is 2.89 bits per heavy atom. The lowest BCUT2D eigenvalue weighted by Gasteiger charge is -2.15. The van der Waals surface area contributed by atoms with Gasteiger partial charge in [0, 0.05) is 0 Å². The molecule has 0 aliphatic carbocycles. The van der Waals surface area contributed by atoms with E-state index >= 15 is 0 Å². The molecule has 1 fully saturated rings. The molecule has 0 saturated carbocycles. The van der Waals surface area contributed by atoms with Gasteiger partial charge in [-0.25, -0.2) is 19.3 Å². The van der Waals surface area contributed by atoms with E-state index in [9.17, 15) is 4.39 Å². The van der Waals surface area contributed by atoms with E-state index in [1.54, 1.807) is 0 Å². The second-order valence-electron chi connectivity index (χ2n) is 4.35. The normalized spacial score (nSPS) is 31.1. The predicted octanol–water partition coefficient (Wildman–Crippen LogP) is -1.04. The lowest BCUT2D eigenvalue weighted by Crippen LogP contribution is -2.39. The van der Waals surface area contributed by atoms with Gasteiger partial charge in [0.05, 0.1) is 19.0 Å². The first-order chi connectivity index (χ1) is 9.13. The van der Waals surface area contributed by atoms with E-state index in [2.05, 4.69) is 15.0 Å². The topological polar surface area (TPSA) is 125 Å². The minimum atomic E-state index is -1.47. The third-order valence-corrected chi connectivity index (χ3v) is 3.22. The smallest absolute Gasteiger partial charge is 0.170 e. The van der Waals surface area contributed by atoms with E-state index in [1.807, 2.05) is 0 Å². The fourth-order valence-electron chi connectivity index (χ4n) is 2.18. The number of nitrogen functional groups attached to an aromatic ring is 1. The number of imidazole rings is 1. The SMILES string of the molecule is Nc1ncnc2c1ncn2[C@H]1O[C@H](CO)[C@@H](N)[C@H]1F. The third-order valence-electron chi connectivity index (χ3n) is 3.22. The molecule has 8 nitrogen and oxygen atoms in total. The summed E-state index contributed by atoms with van der Waals surface area (Å²) in [6, 6.07) is -0.897. The molecule has 3 heterocycles. The summed E-state index contributed by atoms with van der Waals surface area (Å²) in [5.41, 5.74) is 12.1. The molecule has 0 bridgehead atoms. The summed E-state index contributed by atoms with van der Waals surface area (Å²) in [4.78, 5) is 11.9. The Morgan fingerprint density at radius 2 is 2.21 bits per heavy atom. The molecule has 3 rings (SSSR count). The first-order valence-electron chi connectivity index (χ1n) is 5.72. The number of aromatic nitrogens is 4. The van der Waals surface area contributed by atoms with E-state index in [4.69, 9.17) is 21.3 Å². The molecule has 0 spiro atoms. The zero-order valence-electron chi connectivity index (χ0n) is 9.85. The lowest BCUT2D eigenvalue weighted by molar-refractivity contribution is -0.0360. The highest BCUT2D eigenvalue weighted by Gasteiger charge is 2.44. The van der Waals surface area contributed by atoms with Gasteiger partial charge < -0.3 is 21.3 Å². The molecule has 2 aromatic rings. The molecule has 0 amide bonds. The summed E-state index contributed by atoms with van der Waals surface area (Å²) in [5, 5.41) is 9.08. The minimum Gasteiger partial charge on any atom is -0.394 e. The maximum atomic E-state index is 14.1. The number of nitrogens with zero attached hydrogens (tertiary/aromatic N) is 4. The molecule has 2 aromatic heterocycles. The van der Waals surface area contributed by atoms with Gasteiger partial charge >= 0.3 is 0 Å². The van der Waals surface area contributed by atoms with Gasteiger partial charge in [-0.15, -0.1) is 0 Å². The molecule has 9 heteroatoms. The van der Waals surface area contributed by atoms with Gasteiger partial charge in [-0.05, 0) is 0 Å². The molecule has 1 aliphatic heterocycles. The Hall–Kier alpha value is -1.84. The molecule has 1 saturated heterocycles. The van der Waals surface area contributed by atoms with Crippen molar-refractivity contribution in [2.75, 3.05) is 12.3 Å². The zero-order chi connectivity index (χ0) is 13.6. The molecule has 0 unspecified atom stereocenters. The summed E-state index contributed by atoms with van der Waals surface area (Å²) in [7, 11) is 0. The van der Waals surface area contributed by atoms with Crippen molar-refractivity contribution in [3.63, 3.8) is 0 Å². The molecule has 4 atom stereocenters. The molecule has 19 heavy (non-hydrogen) atoms. The number of aliphatic hydroxyl groups excluding tert-OH is 1. The van der Waals surface area contributed by atoms with Gasteiger partial charge in [0.2, 0.25) is 0 Å². The number of hydrogen-bond donors (Lipinski definition) is 3. The van der Waals surface area contributed by atoms with Crippen molar-refractivity contribution < 1.29 is 14.2 Å². The highest BCUT2D eigenvalue weighted by Crippen LogP contribution is 2.32. The van der Waals surface area contributed by atoms with E-state index in [0.717, 1.165) is 0 Å². The van der Waals surface area contributed by atoms with Gasteiger partial charge in [-0.3, -0.25) is 4.57 Å². The summed E-state index contributed by atoms with van der Waals surface area (Å²) >= 11 is 0. The van der Waals surface area contributed by atoms with Crippen LogP contribution in [-0.2, 0) is 4.74 Å². The second kappa shape index (κ2) is 4.37. The van der Waals surface area contributed by atoms with Crippen molar-refractivity contribution in [3.05, 3.63) is 12.7 Å². The second-order valence-corrected chi connectivity index (χ2v) is 4.35. The predicted molar refractivity (Wildman–Crippen MR) is 63.6 cm³/mol. The number of rotatable bonds is 2. The first-order valence-corrected chi connectivity index (χ1v) is 5.72. The number of aliphatic hydroxyl groups is 1. The first kappa shape index (κ1) is 12.2. The van der Waals surface area contributed by atoms with E-state index < -0.39 is 24.5 Å². The van der Waals surface area contributed by atoms with Crippen molar-refractivity contribution in [3.8, 4) is 0 Å². The Labute approximate surface area is 107 Å². The van der Waals surface area contributed by atoms with Gasteiger partial charge in [0.25, 0.3) is 0 Å². The van der Waals surface area contributed by atoms with Crippen LogP contribution in [0.5, 0.6) is 0 Å².